The minimum Gasteiger partial charge on any atom is -0.395 e. The second-order valence-electron chi connectivity index (χ2n) is 9.98. The Morgan fingerprint density at radius 3 is 2.58 bits per heavy atom. The van der Waals surface area contributed by atoms with Gasteiger partial charge in [-0.3, -0.25) is 9.69 Å². The van der Waals surface area contributed by atoms with Gasteiger partial charge in [-0.15, -0.1) is 5.10 Å². The van der Waals surface area contributed by atoms with Gasteiger partial charge in [0.05, 0.1) is 12.3 Å². The van der Waals surface area contributed by atoms with Gasteiger partial charge in [0.25, 0.3) is 5.91 Å². The molecule has 36 heavy (non-hydrogen) atoms. The summed E-state index contributed by atoms with van der Waals surface area (Å²) in [7, 11) is 0. The van der Waals surface area contributed by atoms with Gasteiger partial charge in [-0.25, -0.2) is 9.67 Å². The van der Waals surface area contributed by atoms with Gasteiger partial charge < -0.3 is 10.8 Å². The first kappa shape index (κ1) is 24.2. The second kappa shape index (κ2) is 10.2. The predicted molar refractivity (Wildman–Crippen MR) is 141 cm³/mol. The van der Waals surface area contributed by atoms with Crippen LogP contribution >= 0.6 is 0 Å². The summed E-state index contributed by atoms with van der Waals surface area (Å²) < 4.78 is 1.64. The SMILES string of the molecule is Cc1nc(C(N)=O)nn1-c1ccc(C[C@]2(CN3CCCC3CO)C=CC(c3ccccc3)=CC2)cc1. The molecule has 0 spiro atoms. The van der Waals surface area contributed by atoms with Gasteiger partial charge in [0.1, 0.15) is 5.82 Å². The molecule has 1 aliphatic heterocycles. The zero-order valence-electron chi connectivity index (χ0n) is 20.7. The molecule has 3 N–H and O–H groups in total. The number of benzene rings is 2. The number of likely N-dealkylation sites (tertiary alicyclic amines) is 1. The van der Waals surface area contributed by atoms with Crippen LogP contribution in [0.5, 0.6) is 0 Å². The molecular weight excluding hydrogens is 450 g/mol. The number of nitrogens with zero attached hydrogens (tertiary/aromatic N) is 4. The molecule has 1 unspecified atom stereocenters. The highest BCUT2D eigenvalue weighted by Gasteiger charge is 2.35. The highest BCUT2D eigenvalue weighted by molar-refractivity contribution is 5.88. The topological polar surface area (TPSA) is 97.3 Å². The number of hydrogen-bond acceptors (Lipinski definition) is 5. The van der Waals surface area contributed by atoms with Crippen molar-refractivity contribution in [1.82, 2.24) is 19.7 Å². The van der Waals surface area contributed by atoms with Gasteiger partial charge in [0, 0.05) is 18.0 Å². The molecule has 0 radical (unpaired) electrons. The summed E-state index contributed by atoms with van der Waals surface area (Å²) in [5.74, 6) is 0.00402. The molecule has 2 atom stereocenters. The van der Waals surface area contributed by atoms with Gasteiger partial charge >= 0.3 is 0 Å². The highest BCUT2D eigenvalue weighted by atomic mass is 16.3. The molecule has 186 valence electrons. The highest BCUT2D eigenvalue weighted by Crippen LogP contribution is 2.38. The van der Waals surface area contributed by atoms with Crippen molar-refractivity contribution in [3.8, 4) is 5.69 Å². The lowest BCUT2D eigenvalue weighted by Crippen LogP contribution is -2.42. The minimum atomic E-state index is -0.634. The van der Waals surface area contributed by atoms with Crippen molar-refractivity contribution in [1.29, 1.82) is 0 Å². The lowest BCUT2D eigenvalue weighted by molar-refractivity contribution is 0.0990. The third-order valence-electron chi connectivity index (χ3n) is 7.41. The van der Waals surface area contributed by atoms with Crippen molar-refractivity contribution in [2.45, 2.75) is 38.6 Å². The first-order chi connectivity index (χ1) is 17.5. The summed E-state index contributed by atoms with van der Waals surface area (Å²) in [4.78, 5) is 18.1. The maximum atomic E-state index is 11.5. The third kappa shape index (κ3) is 5.03. The van der Waals surface area contributed by atoms with Crippen molar-refractivity contribution < 1.29 is 9.90 Å². The van der Waals surface area contributed by atoms with Crippen molar-refractivity contribution in [3.63, 3.8) is 0 Å². The Labute approximate surface area is 212 Å². The fraction of sp³-hybridized carbons (Fsp3) is 0.345. The van der Waals surface area contributed by atoms with E-state index in [4.69, 9.17) is 5.73 Å². The Kier molecular flexibility index (Phi) is 6.85. The van der Waals surface area contributed by atoms with Crippen LogP contribution in [-0.2, 0) is 6.42 Å². The van der Waals surface area contributed by atoms with Crippen LogP contribution in [0.25, 0.3) is 11.3 Å². The van der Waals surface area contributed by atoms with Crippen LogP contribution in [0.1, 0.15) is 46.8 Å². The van der Waals surface area contributed by atoms with E-state index in [-0.39, 0.29) is 23.9 Å². The van der Waals surface area contributed by atoms with E-state index >= 15 is 0 Å². The fourth-order valence-electron chi connectivity index (χ4n) is 5.48. The predicted octanol–water partition coefficient (Wildman–Crippen LogP) is 3.70. The number of aromatic nitrogens is 3. The summed E-state index contributed by atoms with van der Waals surface area (Å²) in [6.07, 6.45) is 11.0. The van der Waals surface area contributed by atoms with Crippen LogP contribution in [0, 0.1) is 12.3 Å². The second-order valence-corrected chi connectivity index (χ2v) is 9.98. The molecule has 0 saturated carbocycles. The number of aliphatic hydroxyl groups is 1. The van der Waals surface area contributed by atoms with Gasteiger partial charge in [0.2, 0.25) is 5.82 Å². The van der Waals surface area contributed by atoms with Crippen molar-refractivity contribution in [2.75, 3.05) is 19.7 Å². The van der Waals surface area contributed by atoms with Gasteiger partial charge in [-0.2, -0.15) is 0 Å². The smallest absolute Gasteiger partial charge is 0.288 e. The van der Waals surface area contributed by atoms with Gasteiger partial charge in [-0.1, -0.05) is 60.7 Å². The Morgan fingerprint density at radius 1 is 1.17 bits per heavy atom. The molecule has 7 heteroatoms. The van der Waals surface area contributed by atoms with Crippen LogP contribution in [0.3, 0.4) is 0 Å². The Balaban J connectivity index is 1.39. The molecule has 5 rings (SSSR count). The molecule has 1 aliphatic carbocycles. The summed E-state index contributed by atoms with van der Waals surface area (Å²) in [5, 5.41) is 14.2. The molecular formula is C29H33N5O2. The quantitative estimate of drug-likeness (QED) is 0.509. The average molecular weight is 484 g/mol. The standard InChI is InChI=1S/C29H33N5O2/c1-21-31-28(27(30)36)32-34(21)25-11-9-22(10-12-25)18-29(20-33-17-5-8-26(33)19-35)15-13-24(14-16-29)23-6-3-2-4-7-23/h2-4,6-7,9-15,26,35H,5,8,16-20H2,1H3,(H2,30,36)/t26?,29-/m0/s1. The van der Waals surface area contributed by atoms with E-state index in [0.29, 0.717) is 5.82 Å². The average Bonchev–Trinajstić information content (AvgIpc) is 3.51. The Hall–Kier alpha value is -3.55. The lowest BCUT2D eigenvalue weighted by Gasteiger charge is -2.38. The van der Waals surface area contributed by atoms with Crippen molar-refractivity contribution in [3.05, 3.63) is 95.6 Å². The Bertz CT molecular complexity index is 1280. The Morgan fingerprint density at radius 2 is 1.94 bits per heavy atom. The monoisotopic (exact) mass is 483 g/mol. The van der Waals surface area contributed by atoms with E-state index in [1.165, 1.54) is 16.7 Å². The van der Waals surface area contributed by atoms with E-state index < -0.39 is 5.91 Å². The number of nitrogens with two attached hydrogens (primary N) is 1. The zero-order chi connectivity index (χ0) is 25.1. The normalized spacial score (nSPS) is 22.1. The van der Waals surface area contributed by atoms with Crippen LogP contribution in [-0.4, -0.2) is 56.4 Å². The number of amides is 1. The number of aryl methyl sites for hydroxylation is 1. The number of carbonyl (C=O) groups excluding carboxylic acids is 1. The summed E-state index contributed by atoms with van der Waals surface area (Å²) >= 11 is 0. The van der Waals surface area contributed by atoms with E-state index in [0.717, 1.165) is 44.5 Å². The maximum absolute atomic E-state index is 11.5. The first-order valence-corrected chi connectivity index (χ1v) is 12.6. The molecule has 1 amide bonds. The van der Waals surface area contributed by atoms with Crippen LogP contribution in [0.2, 0.25) is 0 Å². The number of aliphatic hydroxyl groups excluding tert-OH is 1. The summed E-state index contributed by atoms with van der Waals surface area (Å²) in [6, 6.07) is 19.0. The summed E-state index contributed by atoms with van der Waals surface area (Å²) in [6.45, 7) is 3.96. The number of primary amides is 1. The molecule has 1 fully saturated rings. The zero-order valence-corrected chi connectivity index (χ0v) is 20.7. The van der Waals surface area contributed by atoms with Gasteiger partial charge in [-0.05, 0) is 68.0 Å². The molecule has 3 aromatic rings. The maximum Gasteiger partial charge on any atom is 0.288 e. The molecule has 1 saturated heterocycles. The van der Waals surface area contributed by atoms with E-state index in [2.05, 4.69) is 69.6 Å². The molecule has 1 aromatic heterocycles. The molecule has 2 aliphatic rings. The summed E-state index contributed by atoms with van der Waals surface area (Å²) in [5.41, 5.74) is 9.85. The van der Waals surface area contributed by atoms with E-state index in [1.54, 1.807) is 11.6 Å². The van der Waals surface area contributed by atoms with Crippen molar-refractivity contribution in [2.24, 2.45) is 11.1 Å². The van der Waals surface area contributed by atoms with Crippen molar-refractivity contribution >= 4 is 11.5 Å². The first-order valence-electron chi connectivity index (χ1n) is 12.6. The number of allylic oxidation sites excluding steroid dienone is 3. The van der Waals surface area contributed by atoms with E-state index in [1.807, 2.05) is 18.2 Å². The molecule has 2 heterocycles. The molecule has 0 bridgehead atoms. The molecule has 2 aromatic carbocycles. The third-order valence-corrected chi connectivity index (χ3v) is 7.41. The number of rotatable bonds is 8. The van der Waals surface area contributed by atoms with E-state index in [9.17, 15) is 9.90 Å². The van der Waals surface area contributed by atoms with Crippen LogP contribution in [0.15, 0.2) is 72.8 Å². The van der Waals surface area contributed by atoms with Crippen LogP contribution in [0.4, 0.5) is 0 Å². The number of carbonyl (C=O) groups is 1. The number of hydrogen-bond donors (Lipinski definition) is 2. The largest absolute Gasteiger partial charge is 0.395 e. The molecule has 7 nitrogen and oxygen atoms in total. The van der Waals surface area contributed by atoms with Gasteiger partial charge in [0.15, 0.2) is 0 Å². The minimum absolute atomic E-state index is 0.0212. The fourth-order valence-corrected chi connectivity index (χ4v) is 5.48. The lowest BCUT2D eigenvalue weighted by atomic mass is 9.74. The van der Waals surface area contributed by atoms with Crippen LogP contribution < -0.4 is 5.73 Å².